The van der Waals surface area contributed by atoms with E-state index in [9.17, 15) is 18.0 Å². The molecule has 1 amide bonds. The van der Waals surface area contributed by atoms with Crippen LogP contribution in [0.15, 0.2) is 29.4 Å². The number of nitrogens with zero attached hydrogens (tertiary/aromatic N) is 3. The SMILES string of the molecule is Cc1cc(C)nc(SCC(=O)Nc2ccc(C(F)(F)F)cc2N2CCCC2)n1. The highest BCUT2D eigenvalue weighted by Crippen LogP contribution is 2.37. The van der Waals surface area contributed by atoms with E-state index in [4.69, 9.17) is 0 Å². The van der Waals surface area contributed by atoms with Crippen LogP contribution in [-0.2, 0) is 11.0 Å². The maximum Gasteiger partial charge on any atom is 0.416 e. The Morgan fingerprint density at radius 2 is 1.79 bits per heavy atom. The second kappa shape index (κ2) is 8.38. The highest BCUT2D eigenvalue weighted by atomic mass is 32.2. The number of rotatable bonds is 5. The number of aromatic nitrogens is 2. The highest BCUT2D eigenvalue weighted by Gasteiger charge is 2.32. The zero-order chi connectivity index (χ0) is 20.3. The van der Waals surface area contributed by atoms with Gasteiger partial charge in [0.25, 0.3) is 0 Å². The van der Waals surface area contributed by atoms with Crippen LogP contribution in [0.1, 0.15) is 29.8 Å². The monoisotopic (exact) mass is 410 g/mol. The van der Waals surface area contributed by atoms with E-state index < -0.39 is 11.7 Å². The van der Waals surface area contributed by atoms with Crippen LogP contribution in [0.4, 0.5) is 24.5 Å². The lowest BCUT2D eigenvalue weighted by Gasteiger charge is -2.23. The minimum absolute atomic E-state index is 0.0728. The van der Waals surface area contributed by atoms with Crippen LogP contribution in [0, 0.1) is 13.8 Å². The van der Waals surface area contributed by atoms with Crippen molar-refractivity contribution in [3.63, 3.8) is 0 Å². The van der Waals surface area contributed by atoms with E-state index in [0.29, 0.717) is 29.6 Å². The third-order valence-corrected chi connectivity index (χ3v) is 5.19. The number of nitrogens with one attached hydrogen (secondary N) is 1. The molecule has 1 N–H and O–H groups in total. The van der Waals surface area contributed by atoms with Crippen molar-refractivity contribution in [2.75, 3.05) is 29.1 Å². The maximum atomic E-state index is 13.1. The van der Waals surface area contributed by atoms with E-state index in [1.807, 2.05) is 24.8 Å². The minimum Gasteiger partial charge on any atom is -0.370 e. The third kappa shape index (κ3) is 5.15. The van der Waals surface area contributed by atoms with Crippen LogP contribution in [0.5, 0.6) is 0 Å². The summed E-state index contributed by atoms with van der Waals surface area (Å²) in [5.41, 5.74) is 1.71. The van der Waals surface area contributed by atoms with Crippen LogP contribution in [0.25, 0.3) is 0 Å². The van der Waals surface area contributed by atoms with E-state index in [2.05, 4.69) is 15.3 Å². The molecule has 0 bridgehead atoms. The molecule has 0 radical (unpaired) electrons. The lowest BCUT2D eigenvalue weighted by Crippen LogP contribution is -2.22. The first kappa shape index (κ1) is 20.4. The molecule has 1 saturated heterocycles. The van der Waals surface area contributed by atoms with Gasteiger partial charge in [0.15, 0.2) is 5.16 Å². The smallest absolute Gasteiger partial charge is 0.370 e. The van der Waals surface area contributed by atoms with Gasteiger partial charge in [-0.05, 0) is 51.0 Å². The quantitative estimate of drug-likeness (QED) is 0.583. The Kier molecular flexibility index (Phi) is 6.12. The molecule has 5 nitrogen and oxygen atoms in total. The molecule has 0 atom stereocenters. The summed E-state index contributed by atoms with van der Waals surface area (Å²) in [6.45, 7) is 5.05. The van der Waals surface area contributed by atoms with E-state index in [1.54, 1.807) is 0 Å². The summed E-state index contributed by atoms with van der Waals surface area (Å²) >= 11 is 1.19. The van der Waals surface area contributed by atoms with E-state index in [0.717, 1.165) is 36.4 Å². The van der Waals surface area contributed by atoms with E-state index in [-0.39, 0.29) is 11.7 Å². The van der Waals surface area contributed by atoms with Crippen molar-refractivity contribution >= 4 is 29.0 Å². The summed E-state index contributed by atoms with van der Waals surface area (Å²) in [6.07, 6.45) is -2.58. The zero-order valence-electron chi connectivity index (χ0n) is 15.6. The van der Waals surface area contributed by atoms with Gasteiger partial charge in [-0.1, -0.05) is 11.8 Å². The topological polar surface area (TPSA) is 58.1 Å². The molecule has 0 unspecified atom stereocenters. The molecule has 150 valence electrons. The number of carbonyl (C=O) groups is 1. The van der Waals surface area contributed by atoms with E-state index >= 15 is 0 Å². The normalized spacial score (nSPS) is 14.4. The molecule has 1 aromatic carbocycles. The van der Waals surface area contributed by atoms with Gasteiger partial charge in [0.2, 0.25) is 5.91 Å². The number of aryl methyl sites for hydroxylation is 2. The number of carbonyl (C=O) groups excluding carboxylic acids is 1. The van der Waals surface area contributed by atoms with Crippen molar-refractivity contribution in [2.45, 2.75) is 38.0 Å². The van der Waals surface area contributed by atoms with Crippen molar-refractivity contribution in [1.29, 1.82) is 0 Å². The number of halogens is 3. The number of anilines is 2. The van der Waals surface area contributed by atoms with Crippen LogP contribution in [0.2, 0.25) is 0 Å². The Morgan fingerprint density at radius 3 is 2.39 bits per heavy atom. The second-order valence-corrected chi connectivity index (χ2v) is 7.64. The van der Waals surface area contributed by atoms with Crippen molar-refractivity contribution in [1.82, 2.24) is 9.97 Å². The Balaban J connectivity index is 1.74. The molecule has 0 saturated carbocycles. The fraction of sp³-hybridized carbons (Fsp3) is 0.421. The van der Waals surface area contributed by atoms with Crippen molar-refractivity contribution < 1.29 is 18.0 Å². The lowest BCUT2D eigenvalue weighted by molar-refractivity contribution is -0.137. The summed E-state index contributed by atoms with van der Waals surface area (Å²) in [7, 11) is 0. The first-order chi connectivity index (χ1) is 13.2. The largest absolute Gasteiger partial charge is 0.416 e. The highest BCUT2D eigenvalue weighted by molar-refractivity contribution is 7.99. The number of hydrogen-bond donors (Lipinski definition) is 1. The van der Waals surface area contributed by atoms with Gasteiger partial charge in [-0.3, -0.25) is 4.79 Å². The number of alkyl halides is 3. The number of thioether (sulfide) groups is 1. The zero-order valence-corrected chi connectivity index (χ0v) is 16.5. The van der Waals surface area contributed by atoms with E-state index in [1.165, 1.54) is 17.8 Å². The molecular formula is C19H21F3N4OS. The molecule has 28 heavy (non-hydrogen) atoms. The lowest BCUT2D eigenvalue weighted by atomic mass is 10.1. The summed E-state index contributed by atoms with van der Waals surface area (Å²) < 4.78 is 39.3. The van der Waals surface area contributed by atoms with Crippen LogP contribution in [-0.4, -0.2) is 34.7 Å². The summed E-state index contributed by atoms with van der Waals surface area (Å²) in [4.78, 5) is 22.8. The summed E-state index contributed by atoms with van der Waals surface area (Å²) in [5.74, 6) is -0.239. The Bertz CT molecular complexity index is 846. The fourth-order valence-corrected chi connectivity index (χ4v) is 3.86. The number of benzene rings is 1. The first-order valence-corrected chi connectivity index (χ1v) is 9.92. The van der Waals surface area contributed by atoms with Gasteiger partial charge in [-0.2, -0.15) is 13.2 Å². The summed E-state index contributed by atoms with van der Waals surface area (Å²) in [6, 6.07) is 5.28. The van der Waals surface area contributed by atoms with Crippen LogP contribution < -0.4 is 10.2 Å². The molecule has 0 spiro atoms. The van der Waals surface area contributed by atoms with Gasteiger partial charge in [-0.15, -0.1) is 0 Å². The molecule has 1 aromatic heterocycles. The summed E-state index contributed by atoms with van der Waals surface area (Å²) in [5, 5.41) is 3.24. The average Bonchev–Trinajstić information content (AvgIpc) is 3.13. The molecule has 3 rings (SSSR count). The molecule has 2 aromatic rings. The Labute approximate surface area is 165 Å². The minimum atomic E-state index is -4.42. The van der Waals surface area contributed by atoms with Crippen LogP contribution >= 0.6 is 11.8 Å². The number of hydrogen-bond acceptors (Lipinski definition) is 5. The van der Waals surface area contributed by atoms with Gasteiger partial charge >= 0.3 is 6.18 Å². The van der Waals surface area contributed by atoms with Gasteiger partial charge < -0.3 is 10.2 Å². The molecule has 0 aliphatic carbocycles. The number of amides is 1. The van der Waals surface area contributed by atoms with Gasteiger partial charge in [0.1, 0.15) is 0 Å². The molecule has 9 heteroatoms. The average molecular weight is 410 g/mol. The van der Waals surface area contributed by atoms with Crippen molar-refractivity contribution in [3.8, 4) is 0 Å². The Morgan fingerprint density at radius 1 is 1.14 bits per heavy atom. The maximum absolute atomic E-state index is 13.1. The molecule has 1 aliphatic rings. The third-order valence-electron chi connectivity index (χ3n) is 4.34. The fourth-order valence-electron chi connectivity index (χ4n) is 3.11. The van der Waals surface area contributed by atoms with Gasteiger partial charge in [0, 0.05) is 24.5 Å². The van der Waals surface area contributed by atoms with Crippen LogP contribution in [0.3, 0.4) is 0 Å². The molecule has 1 fully saturated rings. The molecule has 2 heterocycles. The predicted molar refractivity (Wildman–Crippen MR) is 104 cm³/mol. The van der Waals surface area contributed by atoms with Gasteiger partial charge in [-0.25, -0.2) is 9.97 Å². The molecule has 1 aliphatic heterocycles. The first-order valence-electron chi connectivity index (χ1n) is 8.93. The molecular weight excluding hydrogens is 389 g/mol. The Hall–Kier alpha value is -2.29. The second-order valence-electron chi connectivity index (χ2n) is 6.69. The van der Waals surface area contributed by atoms with Gasteiger partial charge in [0.05, 0.1) is 22.7 Å². The van der Waals surface area contributed by atoms with Crippen molar-refractivity contribution in [3.05, 3.63) is 41.2 Å². The standard InChI is InChI=1S/C19H21F3N4OS/c1-12-9-13(2)24-18(23-12)28-11-17(27)25-15-6-5-14(19(20,21)22)10-16(15)26-7-3-4-8-26/h5-6,9-10H,3-4,7-8,11H2,1-2H3,(H,25,27). The predicted octanol–water partition coefficient (Wildman–Crippen LogP) is 4.44. The van der Waals surface area contributed by atoms with Crippen molar-refractivity contribution in [2.24, 2.45) is 0 Å².